The standard InChI is InChI=1S/C18H20N2/c1-18(2)19-10-5-8-14-12-6-3-4-7-13(12)15-9-11-20(18)17(15)16(14)19/h3-4,6-7,9,11,14,16H,5,8,10H2,1-2H3. The van der Waals surface area contributed by atoms with Crippen LogP contribution < -0.4 is 0 Å². The smallest absolute Gasteiger partial charge is 0.0922 e. The Balaban J connectivity index is 1.87. The molecule has 1 aliphatic carbocycles. The third kappa shape index (κ3) is 1.08. The van der Waals surface area contributed by atoms with E-state index in [1.54, 1.807) is 11.3 Å². The number of nitrogens with zero attached hydrogens (tertiary/aromatic N) is 2. The molecular weight excluding hydrogens is 244 g/mol. The first-order valence-electron chi connectivity index (χ1n) is 7.77. The minimum Gasteiger partial charge on any atom is -0.331 e. The predicted molar refractivity (Wildman–Crippen MR) is 80.6 cm³/mol. The lowest BCUT2D eigenvalue weighted by molar-refractivity contribution is 0.0190. The Morgan fingerprint density at radius 3 is 2.85 bits per heavy atom. The van der Waals surface area contributed by atoms with E-state index in [1.165, 1.54) is 30.5 Å². The Morgan fingerprint density at radius 2 is 1.95 bits per heavy atom. The van der Waals surface area contributed by atoms with Crippen molar-refractivity contribution in [1.82, 2.24) is 9.47 Å². The first kappa shape index (κ1) is 11.2. The van der Waals surface area contributed by atoms with E-state index < -0.39 is 0 Å². The lowest BCUT2D eigenvalue weighted by atomic mass is 9.74. The van der Waals surface area contributed by atoms with Gasteiger partial charge >= 0.3 is 0 Å². The molecule has 1 fully saturated rings. The summed E-state index contributed by atoms with van der Waals surface area (Å²) in [5.74, 6) is 0.683. The first-order chi connectivity index (χ1) is 9.69. The third-order valence-corrected chi connectivity index (χ3v) is 5.78. The van der Waals surface area contributed by atoms with Crippen LogP contribution in [0.25, 0.3) is 11.1 Å². The minimum absolute atomic E-state index is 0.124. The Labute approximate surface area is 120 Å². The molecule has 1 aromatic heterocycles. The summed E-state index contributed by atoms with van der Waals surface area (Å²) in [6.45, 7) is 5.98. The van der Waals surface area contributed by atoms with E-state index in [2.05, 4.69) is 59.8 Å². The molecule has 2 aromatic rings. The molecule has 1 aromatic carbocycles. The summed E-state index contributed by atoms with van der Waals surface area (Å²) in [4.78, 5) is 2.73. The number of piperidine rings is 1. The van der Waals surface area contributed by atoms with E-state index in [1.807, 2.05) is 0 Å². The van der Waals surface area contributed by atoms with Gasteiger partial charge in [0, 0.05) is 29.9 Å². The highest BCUT2D eigenvalue weighted by atomic mass is 15.4. The molecule has 102 valence electrons. The number of hydrogen-bond acceptors (Lipinski definition) is 1. The van der Waals surface area contributed by atoms with Gasteiger partial charge in [-0.15, -0.1) is 0 Å². The summed E-state index contributed by atoms with van der Waals surface area (Å²) in [5.41, 5.74) is 6.21. The van der Waals surface area contributed by atoms with Crippen LogP contribution in [0.5, 0.6) is 0 Å². The van der Waals surface area contributed by atoms with Crippen molar-refractivity contribution >= 4 is 0 Å². The topological polar surface area (TPSA) is 8.17 Å². The van der Waals surface area contributed by atoms with Gasteiger partial charge < -0.3 is 4.57 Å². The fourth-order valence-corrected chi connectivity index (χ4v) is 4.93. The summed E-state index contributed by atoms with van der Waals surface area (Å²) in [6.07, 6.45) is 4.96. The van der Waals surface area contributed by atoms with Gasteiger partial charge in [0.25, 0.3) is 0 Å². The second kappa shape index (κ2) is 3.37. The summed E-state index contributed by atoms with van der Waals surface area (Å²) >= 11 is 0. The highest BCUT2D eigenvalue weighted by Crippen LogP contribution is 2.58. The highest BCUT2D eigenvalue weighted by molar-refractivity contribution is 5.75. The van der Waals surface area contributed by atoms with Crippen molar-refractivity contribution in [3.8, 4) is 11.1 Å². The monoisotopic (exact) mass is 264 g/mol. The number of benzene rings is 1. The van der Waals surface area contributed by atoms with Gasteiger partial charge in [0.2, 0.25) is 0 Å². The van der Waals surface area contributed by atoms with E-state index in [4.69, 9.17) is 0 Å². The molecule has 0 spiro atoms. The molecule has 0 saturated carbocycles. The van der Waals surface area contributed by atoms with E-state index in [0.717, 1.165) is 0 Å². The molecule has 0 bridgehead atoms. The van der Waals surface area contributed by atoms with Crippen molar-refractivity contribution in [2.24, 2.45) is 0 Å². The SMILES string of the molecule is CC1(C)N2CCCC3c4ccccc4-c4ccn1c4C32. The summed E-state index contributed by atoms with van der Waals surface area (Å²) < 4.78 is 2.53. The maximum Gasteiger partial charge on any atom is 0.0922 e. The Morgan fingerprint density at radius 1 is 1.10 bits per heavy atom. The molecule has 20 heavy (non-hydrogen) atoms. The predicted octanol–water partition coefficient (Wildman–Crippen LogP) is 4.10. The van der Waals surface area contributed by atoms with Gasteiger partial charge in [-0.05, 0) is 43.9 Å². The quantitative estimate of drug-likeness (QED) is 0.695. The molecule has 2 unspecified atom stereocenters. The van der Waals surface area contributed by atoms with Gasteiger partial charge in [0.1, 0.15) is 0 Å². The third-order valence-electron chi connectivity index (χ3n) is 5.78. The number of hydrogen-bond donors (Lipinski definition) is 0. The molecule has 2 heteroatoms. The minimum atomic E-state index is 0.124. The van der Waals surface area contributed by atoms with Crippen LogP contribution >= 0.6 is 0 Å². The van der Waals surface area contributed by atoms with Gasteiger partial charge in [0.05, 0.1) is 11.7 Å². The number of fused-ring (bicyclic) bond motifs is 3. The van der Waals surface area contributed by atoms with Crippen LogP contribution in [-0.4, -0.2) is 16.0 Å². The zero-order valence-corrected chi connectivity index (χ0v) is 12.1. The highest BCUT2D eigenvalue weighted by Gasteiger charge is 2.52. The van der Waals surface area contributed by atoms with Crippen LogP contribution in [-0.2, 0) is 5.66 Å². The normalized spacial score (nSPS) is 29.1. The maximum absolute atomic E-state index is 2.73. The van der Waals surface area contributed by atoms with Crippen molar-refractivity contribution in [1.29, 1.82) is 0 Å². The first-order valence-corrected chi connectivity index (χ1v) is 7.77. The zero-order chi connectivity index (χ0) is 13.5. The van der Waals surface area contributed by atoms with Crippen LogP contribution in [0.15, 0.2) is 36.5 Å². The van der Waals surface area contributed by atoms with Crippen molar-refractivity contribution in [2.75, 3.05) is 6.54 Å². The average Bonchev–Trinajstić information content (AvgIpc) is 3.00. The lowest BCUT2D eigenvalue weighted by Gasteiger charge is -2.44. The Hall–Kier alpha value is -1.54. The van der Waals surface area contributed by atoms with Crippen LogP contribution in [0.3, 0.4) is 0 Å². The van der Waals surface area contributed by atoms with Crippen LogP contribution in [0.1, 0.15) is 49.9 Å². The van der Waals surface area contributed by atoms with Crippen molar-refractivity contribution < 1.29 is 0 Å². The largest absolute Gasteiger partial charge is 0.331 e. The van der Waals surface area contributed by atoms with Gasteiger partial charge in [-0.2, -0.15) is 0 Å². The average molecular weight is 264 g/mol. The number of rotatable bonds is 0. The molecular formula is C18H20N2. The Kier molecular flexibility index (Phi) is 1.88. The van der Waals surface area contributed by atoms with Crippen LogP contribution in [0.2, 0.25) is 0 Å². The van der Waals surface area contributed by atoms with E-state index >= 15 is 0 Å². The second-order valence-electron chi connectivity index (χ2n) is 6.95. The maximum atomic E-state index is 2.73. The van der Waals surface area contributed by atoms with Gasteiger partial charge in [0.15, 0.2) is 0 Å². The van der Waals surface area contributed by atoms with E-state index in [-0.39, 0.29) is 5.66 Å². The summed E-state index contributed by atoms with van der Waals surface area (Å²) in [5, 5.41) is 0. The fraction of sp³-hybridized carbons (Fsp3) is 0.444. The molecule has 5 rings (SSSR count). The van der Waals surface area contributed by atoms with Gasteiger partial charge in [-0.25, -0.2) is 0 Å². The zero-order valence-electron chi connectivity index (χ0n) is 12.1. The molecule has 2 aliphatic heterocycles. The van der Waals surface area contributed by atoms with E-state index in [9.17, 15) is 0 Å². The molecule has 2 nitrogen and oxygen atoms in total. The molecule has 0 radical (unpaired) electrons. The van der Waals surface area contributed by atoms with E-state index in [0.29, 0.717) is 12.0 Å². The van der Waals surface area contributed by atoms with Crippen molar-refractivity contribution in [3.05, 3.63) is 47.8 Å². The van der Waals surface area contributed by atoms with Crippen LogP contribution in [0, 0.1) is 0 Å². The number of aromatic nitrogens is 1. The summed E-state index contributed by atoms with van der Waals surface area (Å²) in [6, 6.07) is 12.0. The molecule has 3 heterocycles. The van der Waals surface area contributed by atoms with Crippen molar-refractivity contribution in [2.45, 2.75) is 44.3 Å². The molecule has 0 N–H and O–H groups in total. The summed E-state index contributed by atoms with van der Waals surface area (Å²) in [7, 11) is 0. The van der Waals surface area contributed by atoms with Gasteiger partial charge in [-0.3, -0.25) is 4.90 Å². The molecule has 0 amide bonds. The van der Waals surface area contributed by atoms with Crippen LogP contribution in [0.4, 0.5) is 0 Å². The lowest BCUT2D eigenvalue weighted by Crippen LogP contribution is -2.45. The molecule has 2 atom stereocenters. The fourth-order valence-electron chi connectivity index (χ4n) is 4.93. The molecule has 3 aliphatic rings. The molecule has 1 saturated heterocycles. The van der Waals surface area contributed by atoms with Gasteiger partial charge in [-0.1, -0.05) is 24.3 Å². The second-order valence-corrected chi connectivity index (χ2v) is 6.95. The Bertz CT molecular complexity index is 710. The van der Waals surface area contributed by atoms with Crippen molar-refractivity contribution in [3.63, 3.8) is 0 Å².